The van der Waals surface area contributed by atoms with E-state index in [2.05, 4.69) is 20.4 Å². The number of rotatable bonds is 6. The Kier molecular flexibility index (Phi) is 5.97. The summed E-state index contributed by atoms with van der Waals surface area (Å²) in [5.41, 5.74) is 0.971. The van der Waals surface area contributed by atoms with Crippen LogP contribution in [0.25, 0.3) is 0 Å². The number of amides is 2. The summed E-state index contributed by atoms with van der Waals surface area (Å²) in [5, 5.41) is 7.11. The Morgan fingerprint density at radius 2 is 2.14 bits per heavy atom. The Hall–Kier alpha value is -2.64. The summed E-state index contributed by atoms with van der Waals surface area (Å²) in [5.74, 6) is 2.01. The van der Waals surface area contributed by atoms with Crippen LogP contribution in [0, 0.1) is 0 Å². The van der Waals surface area contributed by atoms with E-state index in [1.165, 1.54) is 12.8 Å². The molecule has 3 heterocycles. The van der Waals surface area contributed by atoms with Crippen molar-refractivity contribution in [1.82, 2.24) is 25.3 Å². The Labute approximate surface area is 171 Å². The quantitative estimate of drug-likeness (QED) is 0.790. The Bertz CT molecular complexity index is 831. The normalized spacial score (nSPS) is 19.8. The molecule has 2 aromatic heterocycles. The highest BCUT2D eigenvalue weighted by molar-refractivity contribution is 5.75. The van der Waals surface area contributed by atoms with Crippen molar-refractivity contribution in [2.75, 3.05) is 6.54 Å². The van der Waals surface area contributed by atoms with E-state index in [0.717, 1.165) is 31.2 Å². The van der Waals surface area contributed by atoms with Crippen LogP contribution in [-0.4, -0.2) is 38.7 Å². The average Bonchev–Trinajstić information content (AvgIpc) is 3.46. The molecule has 2 fully saturated rings. The number of aromatic nitrogens is 3. The lowest BCUT2D eigenvalue weighted by Crippen LogP contribution is -2.39. The fourth-order valence-electron chi connectivity index (χ4n) is 3.98. The lowest BCUT2D eigenvalue weighted by Gasteiger charge is -2.22. The van der Waals surface area contributed by atoms with Crippen molar-refractivity contribution < 1.29 is 14.1 Å². The van der Waals surface area contributed by atoms with E-state index >= 15 is 0 Å². The van der Waals surface area contributed by atoms with E-state index in [0.29, 0.717) is 30.7 Å². The van der Waals surface area contributed by atoms with Crippen molar-refractivity contribution in [3.8, 4) is 5.88 Å². The number of pyridine rings is 1. The fourth-order valence-corrected chi connectivity index (χ4v) is 3.98. The summed E-state index contributed by atoms with van der Waals surface area (Å²) in [6.07, 6.45) is 8.39. The molecule has 1 aliphatic heterocycles. The van der Waals surface area contributed by atoms with Gasteiger partial charge in [0.25, 0.3) is 0 Å². The second-order valence-corrected chi connectivity index (χ2v) is 8.18. The molecule has 1 aliphatic carbocycles. The van der Waals surface area contributed by atoms with Crippen LogP contribution in [0.1, 0.15) is 81.6 Å². The molecule has 1 N–H and O–H groups in total. The van der Waals surface area contributed by atoms with Crippen molar-refractivity contribution in [3.63, 3.8) is 0 Å². The third kappa shape index (κ3) is 4.68. The van der Waals surface area contributed by atoms with Crippen molar-refractivity contribution >= 4 is 6.03 Å². The van der Waals surface area contributed by atoms with Gasteiger partial charge in [0, 0.05) is 31.3 Å². The number of nitrogens with zero attached hydrogens (tertiary/aromatic N) is 4. The number of ether oxygens (including phenoxy) is 1. The number of urea groups is 1. The molecule has 1 unspecified atom stereocenters. The lowest BCUT2D eigenvalue weighted by molar-refractivity contribution is 0.189. The molecular formula is C21H29N5O3. The first-order valence-corrected chi connectivity index (χ1v) is 10.6. The molecule has 1 saturated carbocycles. The smallest absolute Gasteiger partial charge is 0.318 e. The van der Waals surface area contributed by atoms with Crippen LogP contribution in [0.4, 0.5) is 4.79 Å². The maximum absolute atomic E-state index is 12.8. The molecule has 1 saturated heterocycles. The number of likely N-dealkylation sites (tertiary alicyclic amines) is 1. The van der Waals surface area contributed by atoms with Gasteiger partial charge in [-0.3, -0.25) is 0 Å². The lowest BCUT2D eigenvalue weighted by atomic mass is 10.2. The minimum absolute atomic E-state index is 0.113. The van der Waals surface area contributed by atoms with Crippen molar-refractivity contribution in [2.45, 2.75) is 77.0 Å². The maximum atomic E-state index is 12.8. The zero-order valence-electron chi connectivity index (χ0n) is 17.1. The van der Waals surface area contributed by atoms with Crippen LogP contribution in [0.3, 0.4) is 0 Å². The molecule has 2 amide bonds. The predicted octanol–water partition coefficient (Wildman–Crippen LogP) is 3.96. The Morgan fingerprint density at radius 3 is 2.90 bits per heavy atom. The van der Waals surface area contributed by atoms with E-state index in [9.17, 15) is 4.79 Å². The van der Waals surface area contributed by atoms with Gasteiger partial charge >= 0.3 is 6.03 Å². The molecule has 0 radical (unpaired) electrons. The molecule has 1 atom stereocenters. The average molecular weight is 399 g/mol. The second-order valence-electron chi connectivity index (χ2n) is 8.18. The molecule has 29 heavy (non-hydrogen) atoms. The number of hydrogen-bond donors (Lipinski definition) is 1. The highest BCUT2D eigenvalue weighted by Crippen LogP contribution is 2.31. The summed E-state index contributed by atoms with van der Waals surface area (Å²) < 4.78 is 11.3. The van der Waals surface area contributed by atoms with E-state index < -0.39 is 0 Å². The first-order valence-electron chi connectivity index (χ1n) is 10.6. The van der Waals surface area contributed by atoms with Crippen LogP contribution < -0.4 is 10.1 Å². The molecule has 156 valence electrons. The molecule has 8 heteroatoms. The van der Waals surface area contributed by atoms with Crippen LogP contribution in [-0.2, 0) is 6.54 Å². The van der Waals surface area contributed by atoms with E-state index in [1.807, 2.05) is 26.0 Å². The highest BCUT2D eigenvalue weighted by Gasteiger charge is 2.33. The first kappa shape index (κ1) is 19.7. The van der Waals surface area contributed by atoms with Gasteiger partial charge in [0.05, 0.1) is 6.04 Å². The molecule has 0 spiro atoms. The van der Waals surface area contributed by atoms with Gasteiger partial charge in [0.15, 0.2) is 5.82 Å². The van der Waals surface area contributed by atoms with Gasteiger partial charge < -0.3 is 19.5 Å². The van der Waals surface area contributed by atoms with Crippen LogP contribution in [0.5, 0.6) is 5.88 Å². The number of carbonyl (C=O) groups excluding carboxylic acids is 1. The molecule has 8 nitrogen and oxygen atoms in total. The summed E-state index contributed by atoms with van der Waals surface area (Å²) in [6.45, 7) is 5.13. The zero-order valence-corrected chi connectivity index (χ0v) is 17.1. The van der Waals surface area contributed by atoms with E-state index in [1.54, 1.807) is 11.1 Å². The van der Waals surface area contributed by atoms with Gasteiger partial charge in [0.1, 0.15) is 6.10 Å². The molecule has 0 bridgehead atoms. The number of nitrogens with one attached hydrogen (secondary N) is 1. The SMILES string of the molecule is CC(C)c1nc(C2CCCN2C(=O)NCc2ccnc(OC3CCCC3)c2)no1. The molecule has 4 rings (SSSR count). The molecule has 0 aromatic carbocycles. The van der Waals surface area contributed by atoms with E-state index in [-0.39, 0.29) is 24.1 Å². The van der Waals surface area contributed by atoms with Gasteiger partial charge in [-0.05, 0) is 50.2 Å². The van der Waals surface area contributed by atoms with Crippen LogP contribution in [0.15, 0.2) is 22.9 Å². The largest absolute Gasteiger partial charge is 0.474 e. The van der Waals surface area contributed by atoms with Crippen molar-refractivity contribution in [1.29, 1.82) is 0 Å². The minimum atomic E-state index is -0.134. The van der Waals surface area contributed by atoms with Crippen molar-refractivity contribution in [3.05, 3.63) is 35.6 Å². The molecule has 2 aliphatic rings. The topological polar surface area (TPSA) is 93.4 Å². The van der Waals surface area contributed by atoms with Crippen LogP contribution >= 0.6 is 0 Å². The first-order chi connectivity index (χ1) is 14.1. The summed E-state index contributed by atoms with van der Waals surface area (Å²) in [4.78, 5) is 23.4. The number of carbonyl (C=O) groups is 1. The molecular weight excluding hydrogens is 370 g/mol. The standard InChI is InChI=1S/C21H29N5O3/c1-14(2)20-24-19(25-29-20)17-8-5-11-26(17)21(27)23-13-15-9-10-22-18(12-15)28-16-6-3-4-7-16/h9-10,12,14,16-17H,3-8,11,13H2,1-2H3,(H,23,27). The van der Waals surface area contributed by atoms with Crippen molar-refractivity contribution in [2.24, 2.45) is 0 Å². The number of hydrogen-bond acceptors (Lipinski definition) is 6. The Morgan fingerprint density at radius 1 is 1.31 bits per heavy atom. The maximum Gasteiger partial charge on any atom is 0.318 e. The third-order valence-corrected chi connectivity index (χ3v) is 5.60. The summed E-state index contributed by atoms with van der Waals surface area (Å²) in [7, 11) is 0. The highest BCUT2D eigenvalue weighted by atomic mass is 16.5. The third-order valence-electron chi connectivity index (χ3n) is 5.60. The van der Waals surface area contributed by atoms with Gasteiger partial charge in [-0.2, -0.15) is 4.98 Å². The van der Waals surface area contributed by atoms with E-state index in [4.69, 9.17) is 9.26 Å². The zero-order chi connectivity index (χ0) is 20.2. The monoisotopic (exact) mass is 399 g/mol. The van der Waals surface area contributed by atoms with Gasteiger partial charge in [-0.25, -0.2) is 9.78 Å². The fraction of sp³-hybridized carbons (Fsp3) is 0.619. The summed E-state index contributed by atoms with van der Waals surface area (Å²) >= 11 is 0. The summed E-state index contributed by atoms with van der Waals surface area (Å²) in [6, 6.07) is 3.56. The van der Waals surface area contributed by atoms with Gasteiger partial charge in [-0.1, -0.05) is 19.0 Å². The van der Waals surface area contributed by atoms with Gasteiger partial charge in [-0.15, -0.1) is 0 Å². The molecule has 2 aromatic rings. The predicted molar refractivity (Wildman–Crippen MR) is 106 cm³/mol. The second kappa shape index (κ2) is 8.80. The van der Waals surface area contributed by atoms with Gasteiger partial charge in [0.2, 0.25) is 11.8 Å². The van der Waals surface area contributed by atoms with Crippen LogP contribution in [0.2, 0.25) is 0 Å². The Balaban J connectivity index is 1.35. The minimum Gasteiger partial charge on any atom is -0.474 e.